The highest BCUT2D eigenvalue weighted by atomic mass is 127. The number of aromatic hydroxyl groups is 4. The maximum Gasteiger partial charge on any atom is 0.492 e. The van der Waals surface area contributed by atoms with E-state index in [2.05, 4.69) is 49.8 Å². The van der Waals surface area contributed by atoms with E-state index in [1.165, 1.54) is 38.1 Å². The predicted molar refractivity (Wildman–Crippen MR) is 366 cm³/mol. The van der Waals surface area contributed by atoms with Crippen LogP contribution in [-0.4, -0.2) is 104 Å². The Bertz CT molecular complexity index is 3400. The summed E-state index contributed by atoms with van der Waals surface area (Å²) in [6.07, 6.45) is 3.90. The lowest BCUT2D eigenvalue weighted by atomic mass is 9.80. The largest absolute Gasteiger partial charge is 0.541 e. The molecule has 0 aliphatic carbocycles. The van der Waals surface area contributed by atoms with E-state index < -0.39 is 22.6 Å². The summed E-state index contributed by atoms with van der Waals surface area (Å²) in [5.41, 5.74) is 5.18. The number of halogens is 2. The Morgan fingerprint density at radius 2 is 1.05 bits per heavy atom. The van der Waals surface area contributed by atoms with E-state index in [1.54, 1.807) is 74.5 Å². The van der Waals surface area contributed by atoms with E-state index in [0.717, 1.165) is 26.5 Å². The Balaban J connectivity index is 0.000000325. The minimum Gasteiger partial charge on any atom is -0.541 e. The van der Waals surface area contributed by atoms with Crippen molar-refractivity contribution >= 4 is 95.5 Å². The molecule has 0 saturated carbocycles. The molecule has 15 nitrogen and oxygen atoms in total. The van der Waals surface area contributed by atoms with Gasteiger partial charge < -0.3 is 73.4 Å². The molecule has 0 aliphatic heterocycles. The Morgan fingerprint density at radius 3 is 1.52 bits per heavy atom. The molecule has 0 amide bonds. The molecular formula is C64H78B2BrIO15S2Si. The Kier molecular flexibility index (Phi) is 30.0. The smallest absolute Gasteiger partial charge is 0.492 e. The summed E-state index contributed by atoms with van der Waals surface area (Å²) in [4.78, 5) is 2.03. The third-order valence-corrected chi connectivity index (χ3v) is 20.7. The lowest BCUT2D eigenvalue weighted by Crippen LogP contribution is -2.44. The second kappa shape index (κ2) is 34.9. The molecule has 0 heterocycles. The molecule has 8 N–H and O–H groups in total. The topological polar surface area (TPSA) is 226 Å². The average molecular weight is 1410 g/mol. The summed E-state index contributed by atoms with van der Waals surface area (Å²) in [6, 6.07) is 45.9. The van der Waals surface area contributed by atoms with Gasteiger partial charge >= 0.3 is 14.2 Å². The van der Waals surface area contributed by atoms with Gasteiger partial charge in [0.05, 0.1) is 38.5 Å². The van der Waals surface area contributed by atoms with Crippen LogP contribution in [-0.2, 0) is 13.2 Å². The molecule has 0 bridgehead atoms. The van der Waals surface area contributed by atoms with E-state index in [1.807, 2.05) is 126 Å². The normalized spacial score (nSPS) is 10.6. The van der Waals surface area contributed by atoms with Gasteiger partial charge in [-0.15, -0.1) is 23.5 Å². The van der Waals surface area contributed by atoms with Gasteiger partial charge in [-0.25, -0.2) is 0 Å². The summed E-state index contributed by atoms with van der Waals surface area (Å²) in [6.45, 7) is 11.5. The van der Waals surface area contributed by atoms with Crippen LogP contribution in [0.2, 0.25) is 18.1 Å². The highest BCUT2D eigenvalue weighted by molar-refractivity contribution is 14.1. The zero-order valence-corrected chi connectivity index (χ0v) is 54.9. The van der Waals surface area contributed by atoms with E-state index in [9.17, 15) is 30.5 Å². The number of benzene rings is 8. The Labute approximate surface area is 539 Å². The van der Waals surface area contributed by atoms with Crippen LogP contribution in [0, 0.1) is 3.57 Å². The Morgan fingerprint density at radius 1 is 0.523 bits per heavy atom. The second-order valence-corrected chi connectivity index (χ2v) is 28.3. The van der Waals surface area contributed by atoms with Gasteiger partial charge in [0.2, 0.25) is 0 Å². The van der Waals surface area contributed by atoms with Crippen LogP contribution < -0.4 is 43.8 Å². The van der Waals surface area contributed by atoms with Gasteiger partial charge in [0.25, 0.3) is 8.32 Å². The van der Waals surface area contributed by atoms with Crippen LogP contribution in [0.1, 0.15) is 46.8 Å². The van der Waals surface area contributed by atoms with Crippen LogP contribution >= 0.6 is 62.0 Å². The van der Waals surface area contributed by atoms with Crippen molar-refractivity contribution in [2.24, 2.45) is 0 Å². The number of ether oxygens (including phenoxy) is 6. The molecule has 0 spiro atoms. The first kappa shape index (κ1) is 73.9. The zero-order valence-electron chi connectivity index (χ0n) is 48.5. The van der Waals surface area contributed by atoms with Crippen molar-refractivity contribution in [3.05, 3.63) is 171 Å². The fourth-order valence-electron chi connectivity index (χ4n) is 7.62. The molecule has 0 aromatic heterocycles. The van der Waals surface area contributed by atoms with Gasteiger partial charge in [-0.2, -0.15) is 0 Å². The molecule has 0 fully saturated rings. The van der Waals surface area contributed by atoms with Crippen molar-refractivity contribution in [1.82, 2.24) is 0 Å². The number of hydrogen-bond acceptors (Lipinski definition) is 17. The third kappa shape index (κ3) is 20.1. The fraction of sp³-hybridized carbons (Fsp3) is 0.250. The molecule has 0 aliphatic rings. The molecule has 0 unspecified atom stereocenters. The van der Waals surface area contributed by atoms with E-state index in [0.29, 0.717) is 83.7 Å². The molecular weight excluding hydrogens is 1330 g/mol. The van der Waals surface area contributed by atoms with Crippen molar-refractivity contribution in [1.29, 1.82) is 0 Å². The first-order chi connectivity index (χ1) is 39.9. The molecule has 0 radical (unpaired) electrons. The minimum absolute atomic E-state index is 0. The van der Waals surface area contributed by atoms with E-state index >= 15 is 0 Å². The Hall–Kier alpha value is -6.34. The first-order valence-electron chi connectivity index (χ1n) is 25.9. The second-order valence-electron chi connectivity index (χ2n) is 19.8. The van der Waals surface area contributed by atoms with Crippen molar-refractivity contribution in [3.63, 3.8) is 0 Å². The molecule has 8 rings (SSSR count). The highest BCUT2D eigenvalue weighted by Gasteiger charge is 2.40. The number of methoxy groups -OCH3 is 4. The molecule has 0 saturated heterocycles. The molecule has 86 heavy (non-hydrogen) atoms. The summed E-state index contributed by atoms with van der Waals surface area (Å²) in [5.74, 6) is 3.25. The van der Waals surface area contributed by atoms with Gasteiger partial charge in [0, 0.05) is 20.8 Å². The summed E-state index contributed by atoms with van der Waals surface area (Å²) in [7, 11) is 0.881. The number of phenolic OH excluding ortho intramolecular Hbond substituents is 4. The third-order valence-electron chi connectivity index (χ3n) is 13.3. The monoisotopic (exact) mass is 1410 g/mol. The number of hydrogen-bond donors (Lipinski definition) is 8. The van der Waals surface area contributed by atoms with E-state index in [-0.39, 0.29) is 48.4 Å². The zero-order chi connectivity index (χ0) is 61.9. The van der Waals surface area contributed by atoms with Gasteiger partial charge in [-0.05, 0) is 158 Å². The van der Waals surface area contributed by atoms with Gasteiger partial charge in [0.15, 0.2) is 40.2 Å². The van der Waals surface area contributed by atoms with Gasteiger partial charge in [0.1, 0.15) is 39.8 Å². The molecule has 0 atom stereocenters. The van der Waals surface area contributed by atoms with Crippen LogP contribution in [0.4, 0.5) is 0 Å². The number of phenols is 4. The maximum atomic E-state index is 11.2. The lowest BCUT2D eigenvalue weighted by Gasteiger charge is -2.37. The predicted octanol–water partition coefficient (Wildman–Crippen LogP) is 13.9. The maximum absolute atomic E-state index is 11.2. The molecule has 22 heteroatoms. The fourth-order valence-corrected chi connectivity index (χ4v) is 10.7. The first-order valence-corrected chi connectivity index (χ1v) is 33.1. The van der Waals surface area contributed by atoms with Crippen LogP contribution in [0.25, 0.3) is 22.3 Å². The van der Waals surface area contributed by atoms with Gasteiger partial charge in [-0.1, -0.05) is 127 Å². The average Bonchev–Trinajstić information content (AvgIpc) is 1.04. The summed E-state index contributed by atoms with van der Waals surface area (Å²) in [5, 5.41) is 77.2. The summed E-state index contributed by atoms with van der Waals surface area (Å²) < 4.78 is 40.7. The molecule has 8 aromatic carbocycles. The SMILES string of the molecule is C.C.CC(C)(C)[Si](C)(C)Oc1cc(B(O)O)ccc1OCc1ccccc1.COc1cc(-c2ccc(SC)cc2)c(OC)c(O)c1-c1ccc(OCc2ccccc2)c(O)c1.COc1cc(Br)c(OC)c(O)c1I.CSc1ccc(B(O)O)c(O)c1. The molecule has 460 valence electrons. The van der Waals surface area contributed by atoms with Crippen molar-refractivity contribution in [3.8, 4) is 85.5 Å². The lowest BCUT2D eigenvalue weighted by molar-refractivity contribution is 0.289. The highest BCUT2D eigenvalue weighted by Crippen LogP contribution is 2.51. The van der Waals surface area contributed by atoms with Crippen molar-refractivity contribution < 1.29 is 73.4 Å². The number of rotatable bonds is 18. The van der Waals surface area contributed by atoms with E-state index in [4.69, 9.17) is 42.9 Å². The minimum atomic E-state index is -2.09. The molecule has 8 aromatic rings. The number of thioether (sulfide) groups is 2. The summed E-state index contributed by atoms with van der Waals surface area (Å²) >= 11 is 8.40. The van der Waals surface area contributed by atoms with Crippen molar-refractivity contribution in [2.45, 2.75) is 76.8 Å². The van der Waals surface area contributed by atoms with Crippen LogP contribution in [0.15, 0.2) is 166 Å². The van der Waals surface area contributed by atoms with Crippen molar-refractivity contribution in [2.75, 3.05) is 41.0 Å². The van der Waals surface area contributed by atoms with Crippen LogP contribution in [0.5, 0.6) is 63.2 Å². The van der Waals surface area contributed by atoms with Crippen LogP contribution in [0.3, 0.4) is 0 Å². The van der Waals surface area contributed by atoms with Gasteiger partial charge in [-0.3, -0.25) is 0 Å². The quantitative estimate of drug-likeness (QED) is 0.0227. The standard InChI is InChI=1S/C28H26O5S.C19H27BO4Si.C8H8BrIO3.C7H9BO3S.2CH4/c1-31-25-16-22(19-9-12-21(34-3)13-10-19)28(32-2)27(30)26(25)20-11-14-24(23(29)15-20)33-17-18-7-5-4-6-8-18;1-19(2,3)25(4,5)24-18-13-16(20(21)22)11-12-17(18)23-14-15-9-7-6-8-10-15;1-12-5-3-4(9)8(13-2)7(11)6(5)10;1-12-5-2-3-6(8(10)11)7(9)4-5;;/h4-16,29-30H,17H2,1-3H3;6-13,21-22H,14H2,1-5H3;3,11H,1-2H3;2-4,9-11H,1H3;2*1H4.